The number of allylic oxidation sites excluding steroid dienone is 1. The van der Waals surface area contributed by atoms with E-state index in [1.165, 1.54) is 63.6 Å². The maximum Gasteiger partial charge on any atom is 0.139 e. The molecule has 7 atom stereocenters. The Bertz CT molecular complexity index is 636. The molecule has 1 saturated heterocycles. The van der Waals surface area contributed by atoms with E-state index in [2.05, 4.69) is 25.7 Å². The van der Waals surface area contributed by atoms with Crippen LogP contribution < -0.4 is 5.32 Å². The van der Waals surface area contributed by atoms with Crippen LogP contribution in [0.15, 0.2) is 12.2 Å². The van der Waals surface area contributed by atoms with Crippen LogP contribution in [0.1, 0.15) is 78.1 Å². The average Bonchev–Trinajstić information content (AvgIpc) is 2.90. The molecule has 1 N–H and O–H groups in total. The molecule has 4 aliphatic carbocycles. The molecule has 5 aliphatic rings. The minimum atomic E-state index is -0.0265. The van der Waals surface area contributed by atoms with Crippen LogP contribution >= 0.6 is 0 Å². The third-order valence-corrected chi connectivity index (χ3v) is 10.3. The van der Waals surface area contributed by atoms with Crippen molar-refractivity contribution in [1.29, 1.82) is 0 Å². The fraction of sp³-hybridized carbons (Fsp3) is 0.880. The van der Waals surface area contributed by atoms with Crippen molar-refractivity contribution in [3.05, 3.63) is 12.2 Å². The zero-order chi connectivity index (χ0) is 18.8. The number of hydrogen-bond donors (Lipinski definition) is 1. The molecule has 4 unspecified atom stereocenters. The van der Waals surface area contributed by atoms with Gasteiger partial charge in [0.2, 0.25) is 0 Å². The number of ketones is 1. The van der Waals surface area contributed by atoms with Gasteiger partial charge in [-0.1, -0.05) is 32.4 Å². The molecular weight excluding hydrogens is 330 g/mol. The lowest BCUT2D eigenvalue weighted by atomic mass is 9.43. The molecule has 0 aromatic heterocycles. The molecule has 5 fully saturated rings. The molecule has 1 heterocycles. The summed E-state index contributed by atoms with van der Waals surface area (Å²) in [4.78, 5) is 12.6. The summed E-state index contributed by atoms with van der Waals surface area (Å²) >= 11 is 0. The van der Waals surface area contributed by atoms with E-state index in [4.69, 9.17) is 0 Å². The quantitative estimate of drug-likeness (QED) is 0.677. The Hall–Kier alpha value is -0.630. The Morgan fingerprint density at radius 1 is 1.04 bits per heavy atom. The van der Waals surface area contributed by atoms with Crippen molar-refractivity contribution in [3.8, 4) is 0 Å². The van der Waals surface area contributed by atoms with Crippen molar-refractivity contribution < 1.29 is 4.79 Å². The summed E-state index contributed by atoms with van der Waals surface area (Å²) in [7, 11) is 0. The first-order chi connectivity index (χ1) is 12.9. The van der Waals surface area contributed by atoms with E-state index in [0.29, 0.717) is 23.0 Å². The van der Waals surface area contributed by atoms with Gasteiger partial charge in [-0.15, -0.1) is 0 Å². The Morgan fingerprint density at radius 2 is 1.81 bits per heavy atom. The zero-order valence-electron chi connectivity index (χ0n) is 17.6. The van der Waals surface area contributed by atoms with Gasteiger partial charge in [0.25, 0.3) is 0 Å². The number of Topliss-reactive ketones (excluding diaryl/α,β-unsaturated/α-hetero) is 1. The maximum absolute atomic E-state index is 12.6. The number of nitrogens with one attached hydrogen (secondary N) is 1. The Balaban J connectivity index is 1.32. The molecule has 0 bridgehead atoms. The summed E-state index contributed by atoms with van der Waals surface area (Å²) in [6.07, 6.45) is 12.8. The van der Waals surface area contributed by atoms with Crippen LogP contribution in [-0.2, 0) is 4.79 Å². The Labute approximate surface area is 165 Å². The minimum Gasteiger partial charge on any atom is -0.316 e. The molecule has 4 saturated carbocycles. The monoisotopic (exact) mass is 369 g/mol. The maximum atomic E-state index is 12.6. The fourth-order valence-corrected chi connectivity index (χ4v) is 8.27. The number of carbonyl (C=O) groups excluding carboxylic acids is 1. The largest absolute Gasteiger partial charge is 0.316 e. The van der Waals surface area contributed by atoms with Crippen LogP contribution in [0.25, 0.3) is 0 Å². The summed E-state index contributed by atoms with van der Waals surface area (Å²) < 4.78 is 0. The summed E-state index contributed by atoms with van der Waals surface area (Å²) in [5.74, 6) is 5.34. The van der Waals surface area contributed by atoms with Crippen LogP contribution in [0.3, 0.4) is 0 Å². The SMILES string of the molecule is C=C1CC2C[C@@H](CCC3CNC3)CC[C@]2(C)C2CC[C@]3(C)C(=O)CCC3C12. The van der Waals surface area contributed by atoms with Gasteiger partial charge in [0.05, 0.1) is 0 Å². The smallest absolute Gasteiger partial charge is 0.139 e. The van der Waals surface area contributed by atoms with E-state index in [1.807, 2.05) is 0 Å². The second-order valence-electron chi connectivity index (χ2n) is 11.5. The van der Waals surface area contributed by atoms with Crippen molar-refractivity contribution >= 4 is 5.78 Å². The van der Waals surface area contributed by atoms with Crippen molar-refractivity contribution in [2.45, 2.75) is 78.1 Å². The third-order valence-electron chi connectivity index (χ3n) is 10.3. The van der Waals surface area contributed by atoms with Gasteiger partial charge in [0, 0.05) is 11.8 Å². The molecule has 2 nitrogen and oxygen atoms in total. The summed E-state index contributed by atoms with van der Waals surface area (Å²) in [5.41, 5.74) is 2.01. The zero-order valence-corrected chi connectivity index (χ0v) is 17.6. The lowest BCUT2D eigenvalue weighted by Gasteiger charge is -2.61. The van der Waals surface area contributed by atoms with Crippen LogP contribution in [-0.4, -0.2) is 18.9 Å². The van der Waals surface area contributed by atoms with Gasteiger partial charge in [-0.2, -0.15) is 0 Å². The molecule has 150 valence electrons. The lowest BCUT2D eigenvalue weighted by Crippen LogP contribution is -2.54. The number of rotatable bonds is 3. The number of carbonyl (C=O) groups is 1. The second kappa shape index (κ2) is 6.44. The van der Waals surface area contributed by atoms with Gasteiger partial charge in [-0.25, -0.2) is 0 Å². The van der Waals surface area contributed by atoms with Crippen LogP contribution in [0.2, 0.25) is 0 Å². The van der Waals surface area contributed by atoms with E-state index < -0.39 is 0 Å². The first-order valence-corrected chi connectivity index (χ1v) is 11.8. The molecule has 0 amide bonds. The molecule has 5 rings (SSSR count). The van der Waals surface area contributed by atoms with E-state index in [0.717, 1.165) is 42.9 Å². The van der Waals surface area contributed by atoms with Gasteiger partial charge in [0.15, 0.2) is 0 Å². The predicted molar refractivity (Wildman–Crippen MR) is 110 cm³/mol. The fourth-order valence-electron chi connectivity index (χ4n) is 8.27. The van der Waals surface area contributed by atoms with Gasteiger partial charge < -0.3 is 5.32 Å². The Kier molecular flexibility index (Phi) is 4.39. The van der Waals surface area contributed by atoms with Crippen molar-refractivity contribution in [3.63, 3.8) is 0 Å². The Morgan fingerprint density at radius 3 is 2.56 bits per heavy atom. The summed E-state index contributed by atoms with van der Waals surface area (Å²) in [5, 5.41) is 3.43. The first kappa shape index (κ1) is 18.4. The molecule has 2 heteroatoms. The molecule has 27 heavy (non-hydrogen) atoms. The minimum absolute atomic E-state index is 0.0265. The predicted octanol–water partition coefficient (Wildman–Crippen LogP) is 5.38. The van der Waals surface area contributed by atoms with E-state index in [9.17, 15) is 4.79 Å². The molecular formula is C25H39NO. The van der Waals surface area contributed by atoms with Gasteiger partial charge in [0.1, 0.15) is 5.78 Å². The van der Waals surface area contributed by atoms with Crippen molar-refractivity contribution in [2.24, 2.45) is 46.3 Å². The van der Waals surface area contributed by atoms with Crippen LogP contribution in [0.4, 0.5) is 0 Å². The topological polar surface area (TPSA) is 29.1 Å². The first-order valence-electron chi connectivity index (χ1n) is 11.8. The molecule has 0 radical (unpaired) electrons. The molecule has 1 aliphatic heterocycles. The number of hydrogen-bond acceptors (Lipinski definition) is 2. The normalized spacial score (nSPS) is 49.9. The highest BCUT2D eigenvalue weighted by molar-refractivity contribution is 5.87. The van der Waals surface area contributed by atoms with Crippen molar-refractivity contribution in [1.82, 2.24) is 5.32 Å². The van der Waals surface area contributed by atoms with Crippen LogP contribution in [0.5, 0.6) is 0 Å². The van der Waals surface area contributed by atoms with E-state index in [1.54, 1.807) is 0 Å². The lowest BCUT2D eigenvalue weighted by molar-refractivity contribution is -0.135. The highest BCUT2D eigenvalue weighted by Crippen LogP contribution is 2.67. The van der Waals surface area contributed by atoms with E-state index in [-0.39, 0.29) is 5.41 Å². The van der Waals surface area contributed by atoms with E-state index >= 15 is 0 Å². The van der Waals surface area contributed by atoms with Crippen LogP contribution in [0, 0.1) is 46.3 Å². The summed E-state index contributed by atoms with van der Waals surface area (Å²) in [6.45, 7) is 12.1. The number of fused-ring (bicyclic) bond motifs is 5. The third kappa shape index (κ3) is 2.72. The highest BCUT2D eigenvalue weighted by atomic mass is 16.1. The van der Waals surface area contributed by atoms with Gasteiger partial charge >= 0.3 is 0 Å². The molecule has 0 aromatic carbocycles. The molecule has 0 spiro atoms. The standard InChI is InChI=1S/C25H39NO/c1-16-12-19-13-17(4-5-18-14-26-15-18)8-10-24(19,2)21-9-11-25(3)20(23(16)21)6-7-22(25)27/h17-21,23,26H,1,4-15H2,2-3H3/t17-,19?,20?,21?,23?,24-,25-/m0/s1. The second-order valence-corrected chi connectivity index (χ2v) is 11.5. The molecule has 0 aromatic rings. The average molecular weight is 370 g/mol. The summed E-state index contributed by atoms with van der Waals surface area (Å²) in [6, 6.07) is 0. The highest BCUT2D eigenvalue weighted by Gasteiger charge is 2.61. The van der Waals surface area contributed by atoms with Gasteiger partial charge in [-0.3, -0.25) is 4.79 Å². The van der Waals surface area contributed by atoms with Crippen molar-refractivity contribution in [2.75, 3.05) is 13.1 Å². The van der Waals surface area contributed by atoms with Gasteiger partial charge in [-0.05, 0) is 105 Å².